The number of rotatable bonds is 12. The van der Waals surface area contributed by atoms with Crippen LogP contribution in [0.4, 0.5) is 0 Å². The number of carbonyl (C=O) groups is 2. The molecule has 0 aromatic heterocycles. The summed E-state index contributed by atoms with van der Waals surface area (Å²) in [4.78, 5) is 24.2. The Balaban J connectivity index is 4.15. The topological polar surface area (TPSA) is 89.9 Å². The summed E-state index contributed by atoms with van der Waals surface area (Å²) in [6, 6.07) is -0.703. The summed E-state index contributed by atoms with van der Waals surface area (Å²) < 4.78 is 0. The highest BCUT2D eigenvalue weighted by atomic mass is 16.4. The third-order valence-corrected chi connectivity index (χ3v) is 3.21. The maximum Gasteiger partial charge on any atom is 0.320 e. The zero-order valence-electron chi connectivity index (χ0n) is 13.0. The molecule has 0 aromatic carbocycles. The predicted molar refractivity (Wildman–Crippen MR) is 81.8 cm³/mol. The number of unbranched alkanes of at least 4 members (excludes halogenated alkanes) is 3. The summed E-state index contributed by atoms with van der Waals surface area (Å²) in [6.45, 7) is 4.26. The van der Waals surface area contributed by atoms with Crippen LogP contribution in [0.2, 0.25) is 0 Å². The fourth-order valence-corrected chi connectivity index (χ4v) is 1.78. The molecule has 0 aromatic rings. The fourth-order valence-electron chi connectivity index (χ4n) is 1.78. The van der Waals surface area contributed by atoms with Gasteiger partial charge in [-0.2, -0.15) is 0 Å². The van der Waals surface area contributed by atoms with Gasteiger partial charge in [-0.05, 0) is 32.3 Å². The average molecular weight is 300 g/mol. The van der Waals surface area contributed by atoms with E-state index in [0.717, 1.165) is 25.7 Å². The molecule has 1 atom stereocenters. The highest BCUT2D eigenvalue weighted by molar-refractivity contribution is 5.87. The highest BCUT2D eigenvalue weighted by Crippen LogP contribution is 2.01. The molecule has 0 aliphatic carbocycles. The molecule has 0 aliphatic heterocycles. The van der Waals surface area contributed by atoms with E-state index >= 15 is 0 Å². The van der Waals surface area contributed by atoms with Gasteiger partial charge in [-0.25, -0.2) is 0 Å². The standard InChI is InChI=1S/C15H28N2O4/c1-3-4-5-6-7-9-14(19)16-12-17(10-8-11-18)13(2)15(20)21/h7,9,13,18H,3-6,8,10-12H2,1-2H3,(H,16,19)(H,20,21)/b9-7+. The molecular weight excluding hydrogens is 272 g/mol. The lowest BCUT2D eigenvalue weighted by molar-refractivity contribution is -0.143. The number of carboxylic acid groups (broad SMARTS) is 1. The number of hydrogen-bond donors (Lipinski definition) is 3. The van der Waals surface area contributed by atoms with Crippen LogP contribution in [0, 0.1) is 0 Å². The van der Waals surface area contributed by atoms with Crippen LogP contribution in [0.5, 0.6) is 0 Å². The van der Waals surface area contributed by atoms with Crippen LogP contribution in [0.1, 0.15) is 46.0 Å². The van der Waals surface area contributed by atoms with Gasteiger partial charge in [0.25, 0.3) is 0 Å². The van der Waals surface area contributed by atoms with Gasteiger partial charge in [0.15, 0.2) is 0 Å². The zero-order valence-corrected chi connectivity index (χ0v) is 13.0. The molecule has 0 fully saturated rings. The van der Waals surface area contributed by atoms with E-state index in [4.69, 9.17) is 10.2 Å². The van der Waals surface area contributed by atoms with E-state index in [2.05, 4.69) is 12.2 Å². The fraction of sp³-hybridized carbons (Fsp3) is 0.733. The summed E-state index contributed by atoms with van der Waals surface area (Å²) in [6.07, 6.45) is 8.04. The number of carbonyl (C=O) groups excluding carboxylic acids is 1. The molecule has 0 aliphatic rings. The van der Waals surface area contributed by atoms with Gasteiger partial charge in [0.05, 0.1) is 6.67 Å². The minimum Gasteiger partial charge on any atom is -0.480 e. The number of aliphatic carboxylic acids is 1. The number of nitrogens with one attached hydrogen (secondary N) is 1. The van der Waals surface area contributed by atoms with Crippen molar-refractivity contribution in [2.24, 2.45) is 0 Å². The van der Waals surface area contributed by atoms with E-state index in [9.17, 15) is 9.59 Å². The molecule has 0 saturated carbocycles. The largest absolute Gasteiger partial charge is 0.480 e. The number of allylic oxidation sites excluding steroid dienone is 1. The molecule has 21 heavy (non-hydrogen) atoms. The second-order valence-electron chi connectivity index (χ2n) is 5.00. The number of amides is 1. The Morgan fingerprint density at radius 3 is 2.57 bits per heavy atom. The first-order valence-corrected chi connectivity index (χ1v) is 7.55. The summed E-state index contributed by atoms with van der Waals surface area (Å²) >= 11 is 0. The minimum absolute atomic E-state index is 0.00584. The first kappa shape index (κ1) is 19.6. The van der Waals surface area contributed by atoms with Crippen LogP contribution in [-0.2, 0) is 9.59 Å². The zero-order chi connectivity index (χ0) is 16.1. The summed E-state index contributed by atoms with van der Waals surface area (Å²) in [5.74, 6) is -1.17. The molecule has 0 rings (SSSR count). The van der Waals surface area contributed by atoms with E-state index in [1.807, 2.05) is 6.08 Å². The van der Waals surface area contributed by atoms with Crippen molar-refractivity contribution in [1.29, 1.82) is 0 Å². The van der Waals surface area contributed by atoms with Gasteiger partial charge in [0.1, 0.15) is 6.04 Å². The Morgan fingerprint density at radius 2 is 2.00 bits per heavy atom. The Hall–Kier alpha value is -1.40. The molecule has 6 heteroatoms. The Bertz CT molecular complexity index is 332. The molecule has 0 heterocycles. The SMILES string of the molecule is CCCCC/C=C/C(=O)NCN(CCCO)C(C)C(=O)O. The van der Waals surface area contributed by atoms with E-state index in [1.54, 1.807) is 11.8 Å². The van der Waals surface area contributed by atoms with Crippen molar-refractivity contribution < 1.29 is 19.8 Å². The van der Waals surface area contributed by atoms with Gasteiger partial charge >= 0.3 is 5.97 Å². The summed E-state index contributed by atoms with van der Waals surface area (Å²) in [7, 11) is 0. The molecule has 0 radical (unpaired) electrons. The lowest BCUT2D eigenvalue weighted by atomic mass is 10.2. The van der Waals surface area contributed by atoms with Crippen LogP contribution in [0.25, 0.3) is 0 Å². The van der Waals surface area contributed by atoms with Crippen LogP contribution in [0.3, 0.4) is 0 Å². The van der Waals surface area contributed by atoms with E-state index in [0.29, 0.717) is 13.0 Å². The average Bonchev–Trinajstić information content (AvgIpc) is 2.46. The van der Waals surface area contributed by atoms with Crippen LogP contribution >= 0.6 is 0 Å². The normalized spacial score (nSPS) is 12.8. The van der Waals surface area contributed by atoms with Gasteiger partial charge in [0, 0.05) is 13.2 Å². The van der Waals surface area contributed by atoms with Crippen molar-refractivity contribution in [2.75, 3.05) is 19.8 Å². The summed E-state index contributed by atoms with van der Waals surface area (Å²) in [5, 5.41) is 20.5. The van der Waals surface area contributed by atoms with Crippen molar-refractivity contribution >= 4 is 11.9 Å². The predicted octanol–water partition coefficient (Wildman–Crippen LogP) is 1.35. The van der Waals surface area contributed by atoms with Crippen molar-refractivity contribution in [2.45, 2.75) is 52.0 Å². The third kappa shape index (κ3) is 10.0. The van der Waals surface area contributed by atoms with Gasteiger partial charge in [-0.1, -0.05) is 25.8 Å². The molecule has 0 bridgehead atoms. The van der Waals surface area contributed by atoms with Gasteiger partial charge in [-0.3, -0.25) is 14.5 Å². The van der Waals surface area contributed by atoms with E-state index in [1.165, 1.54) is 6.08 Å². The Kier molecular flexibility index (Phi) is 11.5. The quantitative estimate of drug-likeness (QED) is 0.288. The number of aliphatic hydroxyl groups is 1. The molecule has 6 nitrogen and oxygen atoms in total. The van der Waals surface area contributed by atoms with Gasteiger partial charge in [-0.15, -0.1) is 0 Å². The maximum absolute atomic E-state index is 11.6. The van der Waals surface area contributed by atoms with Crippen LogP contribution in [0.15, 0.2) is 12.2 Å². The summed E-state index contributed by atoms with van der Waals surface area (Å²) in [5.41, 5.74) is 0. The first-order valence-electron chi connectivity index (χ1n) is 7.55. The highest BCUT2D eigenvalue weighted by Gasteiger charge is 2.20. The van der Waals surface area contributed by atoms with Crippen molar-refractivity contribution in [3.05, 3.63) is 12.2 Å². The molecule has 0 spiro atoms. The monoisotopic (exact) mass is 300 g/mol. The van der Waals surface area contributed by atoms with Crippen LogP contribution in [-0.4, -0.2) is 52.9 Å². The molecule has 1 amide bonds. The van der Waals surface area contributed by atoms with E-state index < -0.39 is 12.0 Å². The third-order valence-electron chi connectivity index (χ3n) is 3.21. The van der Waals surface area contributed by atoms with Crippen molar-refractivity contribution in [3.8, 4) is 0 Å². The van der Waals surface area contributed by atoms with Crippen molar-refractivity contribution in [1.82, 2.24) is 10.2 Å². The molecule has 0 saturated heterocycles. The van der Waals surface area contributed by atoms with Gasteiger partial charge in [0.2, 0.25) is 5.91 Å². The van der Waals surface area contributed by atoms with E-state index in [-0.39, 0.29) is 19.2 Å². The second-order valence-corrected chi connectivity index (χ2v) is 5.00. The number of aliphatic hydroxyl groups excluding tert-OH is 1. The van der Waals surface area contributed by atoms with Gasteiger partial charge < -0.3 is 15.5 Å². The number of nitrogens with zero attached hydrogens (tertiary/aromatic N) is 1. The molecule has 1 unspecified atom stereocenters. The number of hydrogen-bond acceptors (Lipinski definition) is 4. The molecule has 122 valence electrons. The molecular formula is C15H28N2O4. The minimum atomic E-state index is -0.947. The second kappa shape index (κ2) is 12.3. The van der Waals surface area contributed by atoms with Crippen LogP contribution < -0.4 is 5.32 Å². The lowest BCUT2D eigenvalue weighted by Gasteiger charge is -2.25. The first-order chi connectivity index (χ1) is 10.0. The Morgan fingerprint density at radius 1 is 1.29 bits per heavy atom. The number of carboxylic acids is 1. The Labute approximate surface area is 126 Å². The smallest absolute Gasteiger partial charge is 0.320 e. The lowest BCUT2D eigenvalue weighted by Crippen LogP contribution is -2.46. The molecule has 3 N–H and O–H groups in total. The van der Waals surface area contributed by atoms with Crippen molar-refractivity contribution in [3.63, 3.8) is 0 Å². The maximum atomic E-state index is 11.6.